The Morgan fingerprint density at radius 1 is 1.38 bits per heavy atom. The van der Waals surface area contributed by atoms with Gasteiger partial charge in [-0.2, -0.15) is 0 Å². The Bertz CT molecular complexity index is 559. The number of hydrogen-bond acceptors (Lipinski definition) is 3. The van der Waals surface area contributed by atoms with Gasteiger partial charge in [-0.25, -0.2) is 4.39 Å². The van der Waals surface area contributed by atoms with E-state index in [0.29, 0.717) is 0 Å². The summed E-state index contributed by atoms with van der Waals surface area (Å²) in [4.78, 5) is 22.6. The van der Waals surface area contributed by atoms with Crippen LogP contribution in [-0.2, 0) is 0 Å². The van der Waals surface area contributed by atoms with Crippen molar-refractivity contribution in [2.24, 2.45) is 0 Å². The van der Waals surface area contributed by atoms with Gasteiger partial charge in [-0.05, 0) is 25.0 Å². The molecule has 21 heavy (non-hydrogen) atoms. The Kier molecular flexibility index (Phi) is 4.77. The molecule has 0 heterocycles. The van der Waals surface area contributed by atoms with Crippen LogP contribution in [0.1, 0.15) is 42.5 Å². The van der Waals surface area contributed by atoms with Crippen LogP contribution >= 0.6 is 11.6 Å². The van der Waals surface area contributed by atoms with E-state index in [9.17, 15) is 19.3 Å². The predicted octanol–water partition coefficient (Wildman–Crippen LogP) is 3.41. The molecule has 5 nitrogen and oxygen atoms in total. The third-order valence-corrected chi connectivity index (χ3v) is 4.36. The van der Waals surface area contributed by atoms with E-state index in [1.807, 2.05) is 0 Å². The molecule has 1 N–H and O–H groups in total. The molecule has 0 unspecified atom stereocenters. The fourth-order valence-corrected chi connectivity index (χ4v) is 3.01. The van der Waals surface area contributed by atoms with Gasteiger partial charge in [0.2, 0.25) is 0 Å². The van der Waals surface area contributed by atoms with Gasteiger partial charge in [0.15, 0.2) is 0 Å². The Morgan fingerprint density at radius 3 is 2.62 bits per heavy atom. The molecule has 0 spiro atoms. The van der Waals surface area contributed by atoms with Crippen molar-refractivity contribution in [3.05, 3.63) is 39.7 Å². The molecule has 114 valence electrons. The van der Waals surface area contributed by atoms with Gasteiger partial charge < -0.3 is 5.32 Å². The van der Waals surface area contributed by atoms with Gasteiger partial charge in [0.1, 0.15) is 11.4 Å². The summed E-state index contributed by atoms with van der Waals surface area (Å²) >= 11 is 5.98. The third kappa shape index (κ3) is 3.50. The molecule has 0 bridgehead atoms. The SMILES string of the molecule is O=C(NC1(CCl)CCCCC1)c1cc(F)ccc1[N+](=O)[O-]. The monoisotopic (exact) mass is 314 g/mol. The quantitative estimate of drug-likeness (QED) is 0.526. The number of alkyl halides is 1. The van der Waals surface area contributed by atoms with Crippen molar-refractivity contribution in [1.82, 2.24) is 5.32 Å². The zero-order valence-corrected chi connectivity index (χ0v) is 12.2. The number of nitrogens with zero attached hydrogens (tertiary/aromatic N) is 1. The summed E-state index contributed by atoms with van der Waals surface area (Å²) in [6.07, 6.45) is 4.42. The lowest BCUT2D eigenvalue weighted by Gasteiger charge is -2.36. The average molecular weight is 315 g/mol. The summed E-state index contributed by atoms with van der Waals surface area (Å²) in [5.41, 5.74) is -1.23. The number of nitro benzene ring substituents is 1. The number of carbonyl (C=O) groups excluding carboxylic acids is 1. The van der Waals surface area contributed by atoms with Gasteiger partial charge in [-0.3, -0.25) is 14.9 Å². The van der Waals surface area contributed by atoms with E-state index in [4.69, 9.17) is 11.6 Å². The van der Waals surface area contributed by atoms with Gasteiger partial charge in [0, 0.05) is 11.9 Å². The Balaban J connectivity index is 2.27. The van der Waals surface area contributed by atoms with Crippen LogP contribution in [0.2, 0.25) is 0 Å². The number of hydrogen-bond donors (Lipinski definition) is 1. The standard InChI is InChI=1S/C14H16ClFN2O3/c15-9-14(6-2-1-3-7-14)17-13(19)11-8-10(16)4-5-12(11)18(20)21/h4-5,8H,1-3,6-7,9H2,(H,17,19). The molecular weight excluding hydrogens is 299 g/mol. The van der Waals surface area contributed by atoms with Crippen molar-refractivity contribution in [2.75, 3.05) is 5.88 Å². The van der Waals surface area contributed by atoms with Crippen molar-refractivity contribution < 1.29 is 14.1 Å². The van der Waals surface area contributed by atoms with Crippen LogP contribution < -0.4 is 5.32 Å². The number of amides is 1. The lowest BCUT2D eigenvalue weighted by molar-refractivity contribution is -0.385. The largest absolute Gasteiger partial charge is 0.345 e. The number of rotatable bonds is 4. The first-order valence-corrected chi connectivity index (χ1v) is 7.33. The van der Waals surface area contributed by atoms with E-state index >= 15 is 0 Å². The Labute approximate surface area is 126 Å². The average Bonchev–Trinajstić information content (AvgIpc) is 2.47. The maximum absolute atomic E-state index is 13.3. The number of halogens is 2. The van der Waals surface area contributed by atoms with Gasteiger partial charge in [0.25, 0.3) is 11.6 Å². The number of benzene rings is 1. The highest BCUT2D eigenvalue weighted by atomic mass is 35.5. The number of nitrogens with one attached hydrogen (secondary N) is 1. The normalized spacial score (nSPS) is 17.2. The fraction of sp³-hybridized carbons (Fsp3) is 0.500. The second-order valence-corrected chi connectivity index (χ2v) is 5.61. The molecule has 1 aliphatic carbocycles. The lowest BCUT2D eigenvalue weighted by atomic mass is 9.83. The minimum atomic E-state index is -0.692. The topological polar surface area (TPSA) is 72.2 Å². The summed E-state index contributed by atoms with van der Waals surface area (Å²) in [5, 5.41) is 13.7. The summed E-state index contributed by atoms with van der Waals surface area (Å²) in [5.74, 6) is -1.10. The Morgan fingerprint density at radius 2 is 2.05 bits per heavy atom. The van der Waals surface area contributed by atoms with Crippen molar-refractivity contribution in [3.8, 4) is 0 Å². The van der Waals surface area contributed by atoms with Gasteiger partial charge >= 0.3 is 0 Å². The van der Waals surface area contributed by atoms with Gasteiger partial charge in [-0.15, -0.1) is 11.6 Å². The van der Waals surface area contributed by atoms with Crippen LogP contribution in [0.4, 0.5) is 10.1 Å². The molecule has 1 fully saturated rings. The third-order valence-electron chi connectivity index (χ3n) is 3.85. The second kappa shape index (κ2) is 6.39. The highest BCUT2D eigenvalue weighted by Crippen LogP contribution is 2.30. The molecule has 2 rings (SSSR count). The van der Waals surface area contributed by atoms with Crippen LogP contribution in [0, 0.1) is 15.9 Å². The zero-order chi connectivity index (χ0) is 15.5. The summed E-state index contributed by atoms with van der Waals surface area (Å²) in [6.45, 7) is 0. The maximum atomic E-state index is 13.3. The van der Waals surface area contributed by atoms with E-state index in [-0.39, 0.29) is 11.4 Å². The number of nitro groups is 1. The molecule has 0 atom stereocenters. The minimum Gasteiger partial charge on any atom is -0.345 e. The molecule has 1 aromatic carbocycles. The van der Waals surface area contributed by atoms with Crippen LogP contribution in [-0.4, -0.2) is 22.2 Å². The predicted molar refractivity (Wildman–Crippen MR) is 77.1 cm³/mol. The lowest BCUT2D eigenvalue weighted by Crippen LogP contribution is -2.51. The molecule has 0 radical (unpaired) electrons. The molecule has 7 heteroatoms. The zero-order valence-electron chi connectivity index (χ0n) is 11.4. The smallest absolute Gasteiger partial charge is 0.282 e. The van der Waals surface area contributed by atoms with Crippen LogP contribution in [0.3, 0.4) is 0 Å². The highest BCUT2D eigenvalue weighted by Gasteiger charge is 2.34. The molecule has 1 aliphatic rings. The molecule has 0 aromatic heterocycles. The molecule has 1 aromatic rings. The Hall–Kier alpha value is -1.69. The maximum Gasteiger partial charge on any atom is 0.282 e. The first kappa shape index (κ1) is 15.7. The highest BCUT2D eigenvalue weighted by molar-refractivity contribution is 6.19. The molecular formula is C14H16ClFN2O3. The molecule has 1 saturated carbocycles. The van der Waals surface area contributed by atoms with Crippen molar-refractivity contribution in [1.29, 1.82) is 0 Å². The van der Waals surface area contributed by atoms with E-state index in [0.717, 1.165) is 50.3 Å². The summed E-state index contributed by atoms with van der Waals surface area (Å²) in [6, 6.07) is 2.85. The van der Waals surface area contributed by atoms with E-state index < -0.39 is 27.9 Å². The van der Waals surface area contributed by atoms with Gasteiger partial charge in [0.05, 0.1) is 10.5 Å². The minimum absolute atomic E-state index is 0.238. The first-order chi connectivity index (χ1) is 9.97. The van der Waals surface area contributed by atoms with Crippen molar-refractivity contribution in [2.45, 2.75) is 37.6 Å². The van der Waals surface area contributed by atoms with Crippen molar-refractivity contribution in [3.63, 3.8) is 0 Å². The number of carbonyl (C=O) groups is 1. The van der Waals surface area contributed by atoms with E-state index in [2.05, 4.69) is 5.32 Å². The molecule has 0 aliphatic heterocycles. The van der Waals surface area contributed by atoms with Crippen LogP contribution in [0.15, 0.2) is 18.2 Å². The van der Waals surface area contributed by atoms with E-state index in [1.54, 1.807) is 0 Å². The first-order valence-electron chi connectivity index (χ1n) is 6.80. The van der Waals surface area contributed by atoms with Crippen LogP contribution in [0.25, 0.3) is 0 Å². The van der Waals surface area contributed by atoms with Gasteiger partial charge in [-0.1, -0.05) is 19.3 Å². The van der Waals surface area contributed by atoms with Crippen LogP contribution in [0.5, 0.6) is 0 Å². The van der Waals surface area contributed by atoms with Crippen molar-refractivity contribution >= 4 is 23.2 Å². The second-order valence-electron chi connectivity index (χ2n) is 5.35. The summed E-state index contributed by atoms with van der Waals surface area (Å²) in [7, 11) is 0. The molecule has 0 saturated heterocycles. The molecule has 1 amide bonds. The summed E-state index contributed by atoms with van der Waals surface area (Å²) < 4.78 is 13.3. The van der Waals surface area contributed by atoms with E-state index in [1.165, 1.54) is 0 Å². The fourth-order valence-electron chi connectivity index (χ4n) is 2.68.